The van der Waals surface area contributed by atoms with Gasteiger partial charge in [-0.05, 0) is 19.4 Å². The van der Waals surface area contributed by atoms with Crippen molar-refractivity contribution in [2.24, 2.45) is 0 Å². The van der Waals surface area contributed by atoms with Crippen molar-refractivity contribution >= 4 is 11.3 Å². The quantitative estimate of drug-likeness (QED) is 0.796. The van der Waals surface area contributed by atoms with Gasteiger partial charge in [0, 0.05) is 11.4 Å². The molecule has 1 aromatic heterocycles. The Morgan fingerprint density at radius 1 is 1.24 bits per heavy atom. The van der Waals surface area contributed by atoms with Crippen LogP contribution in [-0.2, 0) is 19.1 Å². The van der Waals surface area contributed by atoms with Gasteiger partial charge >= 0.3 is 6.18 Å². The molecule has 0 aliphatic carbocycles. The molecule has 1 N–H and O–H groups in total. The molecule has 0 radical (unpaired) electrons. The Hall–Kier alpha value is -0.620. The number of halogens is 3. The summed E-state index contributed by atoms with van der Waals surface area (Å²) < 4.78 is 37.6. The average Bonchev–Trinajstić information content (AvgIpc) is 2.62. The van der Waals surface area contributed by atoms with Crippen LogP contribution >= 0.6 is 11.3 Å². The summed E-state index contributed by atoms with van der Waals surface area (Å²) in [4.78, 5) is 4.42. The van der Waals surface area contributed by atoms with E-state index < -0.39 is 11.2 Å². The molecule has 0 amide bonds. The zero-order valence-electron chi connectivity index (χ0n) is 10.0. The molecule has 0 fully saturated rings. The van der Waals surface area contributed by atoms with Crippen molar-refractivity contribution in [2.75, 3.05) is 6.54 Å². The number of hydrogen-bond donors (Lipinski definition) is 1. The van der Waals surface area contributed by atoms with Crippen molar-refractivity contribution in [1.29, 1.82) is 0 Å². The van der Waals surface area contributed by atoms with E-state index in [-0.39, 0.29) is 0 Å². The van der Waals surface area contributed by atoms with Crippen LogP contribution < -0.4 is 5.32 Å². The third-order valence-electron chi connectivity index (χ3n) is 2.22. The lowest BCUT2D eigenvalue weighted by Crippen LogP contribution is -2.13. The van der Waals surface area contributed by atoms with Crippen molar-refractivity contribution < 1.29 is 13.2 Å². The average molecular weight is 266 g/mol. The van der Waals surface area contributed by atoms with E-state index in [9.17, 15) is 13.2 Å². The fraction of sp³-hybridized carbons (Fsp3) is 0.727. The van der Waals surface area contributed by atoms with Gasteiger partial charge in [-0.1, -0.05) is 20.3 Å². The Balaban J connectivity index is 2.81. The molecule has 0 aliphatic rings. The summed E-state index contributed by atoms with van der Waals surface area (Å²) >= 11 is 0.758. The van der Waals surface area contributed by atoms with Crippen molar-refractivity contribution in [3.05, 3.63) is 15.6 Å². The summed E-state index contributed by atoms with van der Waals surface area (Å²) in [5.41, 5.74) is 0.591. The van der Waals surface area contributed by atoms with E-state index in [2.05, 4.69) is 10.3 Å². The van der Waals surface area contributed by atoms with Crippen molar-refractivity contribution in [3.63, 3.8) is 0 Å². The molecule has 1 rings (SSSR count). The van der Waals surface area contributed by atoms with E-state index in [1.165, 1.54) is 0 Å². The van der Waals surface area contributed by atoms with Crippen molar-refractivity contribution in [3.8, 4) is 0 Å². The van der Waals surface area contributed by atoms with Crippen LogP contribution in [0.4, 0.5) is 13.2 Å². The van der Waals surface area contributed by atoms with Gasteiger partial charge in [0.2, 0.25) is 0 Å². The maximum Gasteiger partial charge on any atom is 0.443 e. The van der Waals surface area contributed by atoms with Crippen molar-refractivity contribution in [1.82, 2.24) is 10.3 Å². The minimum absolute atomic E-state index is 0.483. The normalized spacial score (nSPS) is 12.1. The lowest BCUT2D eigenvalue weighted by Gasteiger charge is -2.02. The Labute approximate surface area is 103 Å². The van der Waals surface area contributed by atoms with Crippen LogP contribution in [-0.4, -0.2) is 11.5 Å². The summed E-state index contributed by atoms with van der Waals surface area (Å²) in [6, 6.07) is 0. The molecule has 1 aromatic rings. The SMILES string of the molecule is CCCNCc1sc(C(F)(F)F)nc1CCC. The Morgan fingerprint density at radius 3 is 2.47 bits per heavy atom. The number of nitrogens with zero attached hydrogens (tertiary/aromatic N) is 1. The van der Waals surface area contributed by atoms with Gasteiger partial charge in [-0.15, -0.1) is 11.3 Å². The highest BCUT2D eigenvalue weighted by Crippen LogP contribution is 2.34. The molecule has 0 unspecified atom stereocenters. The molecule has 0 aliphatic heterocycles. The summed E-state index contributed by atoms with van der Waals surface area (Å²) in [7, 11) is 0. The summed E-state index contributed by atoms with van der Waals surface area (Å²) in [5.74, 6) is 0. The number of alkyl halides is 3. The summed E-state index contributed by atoms with van der Waals surface area (Å²) in [5, 5.41) is 2.39. The second-order valence-corrected chi connectivity index (χ2v) is 4.90. The van der Waals surface area contributed by atoms with E-state index in [0.717, 1.165) is 30.7 Å². The number of thiazole rings is 1. The van der Waals surface area contributed by atoms with Crippen LogP contribution in [0, 0.1) is 0 Å². The highest BCUT2D eigenvalue weighted by atomic mass is 32.1. The zero-order valence-corrected chi connectivity index (χ0v) is 10.8. The number of aromatic nitrogens is 1. The van der Waals surface area contributed by atoms with Crippen LogP contribution in [0.1, 0.15) is 42.3 Å². The molecule has 0 bridgehead atoms. The Kier molecular flexibility index (Phi) is 5.39. The zero-order chi connectivity index (χ0) is 12.9. The monoisotopic (exact) mass is 266 g/mol. The number of nitrogens with one attached hydrogen (secondary N) is 1. The fourth-order valence-electron chi connectivity index (χ4n) is 1.45. The smallest absolute Gasteiger partial charge is 0.312 e. The van der Waals surface area contributed by atoms with E-state index in [1.807, 2.05) is 13.8 Å². The van der Waals surface area contributed by atoms with Gasteiger partial charge in [-0.3, -0.25) is 0 Å². The molecule has 0 saturated carbocycles. The van der Waals surface area contributed by atoms with Crippen LogP contribution in [0.15, 0.2) is 0 Å². The first kappa shape index (κ1) is 14.4. The van der Waals surface area contributed by atoms with Gasteiger partial charge in [-0.25, -0.2) is 4.98 Å². The molecule has 0 saturated heterocycles. The topological polar surface area (TPSA) is 24.9 Å². The predicted octanol–water partition coefficient (Wildman–Crippen LogP) is 3.61. The molecule has 17 heavy (non-hydrogen) atoms. The third-order valence-corrected chi connectivity index (χ3v) is 3.36. The second-order valence-electron chi connectivity index (χ2n) is 3.81. The van der Waals surface area contributed by atoms with Gasteiger partial charge in [-0.2, -0.15) is 13.2 Å². The molecule has 0 atom stereocenters. The van der Waals surface area contributed by atoms with E-state index in [1.54, 1.807) is 0 Å². The molecular weight excluding hydrogens is 249 g/mol. The maximum absolute atomic E-state index is 12.5. The van der Waals surface area contributed by atoms with E-state index in [4.69, 9.17) is 0 Å². The maximum atomic E-state index is 12.5. The molecule has 0 spiro atoms. The summed E-state index contributed by atoms with van der Waals surface area (Å²) in [6.07, 6.45) is -1.94. The van der Waals surface area contributed by atoms with E-state index in [0.29, 0.717) is 23.5 Å². The van der Waals surface area contributed by atoms with Crippen LogP contribution in [0.5, 0.6) is 0 Å². The second kappa shape index (κ2) is 6.35. The lowest BCUT2D eigenvalue weighted by molar-refractivity contribution is -0.137. The largest absolute Gasteiger partial charge is 0.443 e. The van der Waals surface area contributed by atoms with E-state index >= 15 is 0 Å². The minimum Gasteiger partial charge on any atom is -0.312 e. The highest BCUT2D eigenvalue weighted by molar-refractivity contribution is 7.11. The Bertz CT molecular complexity index is 347. The fourth-order valence-corrected chi connectivity index (χ4v) is 2.40. The lowest BCUT2D eigenvalue weighted by atomic mass is 10.2. The molecule has 6 heteroatoms. The van der Waals surface area contributed by atoms with Gasteiger partial charge in [0.05, 0.1) is 5.69 Å². The van der Waals surface area contributed by atoms with Crippen LogP contribution in [0.3, 0.4) is 0 Å². The number of hydrogen-bond acceptors (Lipinski definition) is 3. The molecule has 1 heterocycles. The highest BCUT2D eigenvalue weighted by Gasteiger charge is 2.35. The van der Waals surface area contributed by atoms with Gasteiger partial charge in [0.1, 0.15) is 0 Å². The van der Waals surface area contributed by atoms with Crippen LogP contribution in [0.25, 0.3) is 0 Å². The molecular formula is C11H17F3N2S. The number of rotatable bonds is 6. The molecule has 2 nitrogen and oxygen atoms in total. The summed E-state index contributed by atoms with van der Waals surface area (Å²) in [6.45, 7) is 5.26. The first-order valence-corrected chi connectivity index (χ1v) is 6.57. The number of aryl methyl sites for hydroxylation is 1. The predicted molar refractivity (Wildman–Crippen MR) is 63.1 cm³/mol. The van der Waals surface area contributed by atoms with Gasteiger partial charge < -0.3 is 5.32 Å². The third kappa shape index (κ3) is 4.27. The van der Waals surface area contributed by atoms with Crippen molar-refractivity contribution in [2.45, 2.75) is 45.8 Å². The van der Waals surface area contributed by atoms with Gasteiger partial charge in [0.15, 0.2) is 5.01 Å². The molecule has 0 aromatic carbocycles. The molecule has 98 valence electrons. The van der Waals surface area contributed by atoms with Gasteiger partial charge in [0.25, 0.3) is 0 Å². The standard InChI is InChI=1S/C11H17F3N2S/c1-3-5-8-9(7-15-6-4-2)17-10(16-8)11(12,13)14/h15H,3-7H2,1-2H3. The minimum atomic E-state index is -4.32. The Morgan fingerprint density at radius 2 is 1.94 bits per heavy atom. The first-order valence-electron chi connectivity index (χ1n) is 5.75. The van der Waals surface area contributed by atoms with Crippen LogP contribution in [0.2, 0.25) is 0 Å². The first-order chi connectivity index (χ1) is 7.99.